The van der Waals surface area contributed by atoms with Gasteiger partial charge in [0.15, 0.2) is 11.6 Å². The summed E-state index contributed by atoms with van der Waals surface area (Å²) in [4.78, 5) is 30.0. The largest absolute Gasteiger partial charge is 0.465 e. The van der Waals surface area contributed by atoms with E-state index in [1.54, 1.807) is 0 Å². The van der Waals surface area contributed by atoms with Crippen molar-refractivity contribution in [1.29, 1.82) is 0 Å². The monoisotopic (exact) mass is 343 g/mol. The minimum atomic E-state index is -1.13. The Balaban J connectivity index is 1.86. The number of nitrogens with one attached hydrogen (secondary N) is 2. The lowest BCUT2D eigenvalue weighted by Gasteiger charge is -2.34. The van der Waals surface area contributed by atoms with Crippen LogP contribution >= 0.6 is 11.6 Å². The fourth-order valence-electron chi connectivity index (χ4n) is 3.90. The average molecular weight is 344 g/mol. The van der Waals surface area contributed by atoms with Crippen molar-refractivity contribution in [2.75, 3.05) is 5.32 Å². The number of fused-ring (bicyclic) bond motifs is 2. The van der Waals surface area contributed by atoms with E-state index in [0.29, 0.717) is 12.8 Å². The Bertz CT molecular complexity index is 660. The number of nitrogens with two attached hydrogens (primary N) is 1. The number of halogens is 2. The molecular weight excluding hydrogens is 329 g/mol. The van der Waals surface area contributed by atoms with Gasteiger partial charge in [0.1, 0.15) is 0 Å². The molecule has 1 aromatic heterocycles. The zero-order valence-electron chi connectivity index (χ0n) is 11.9. The highest BCUT2D eigenvalue weighted by molar-refractivity contribution is 6.28. The molecular formula is C13H15ClFN5O3. The van der Waals surface area contributed by atoms with Gasteiger partial charge >= 0.3 is 6.09 Å². The molecule has 0 saturated heterocycles. The van der Waals surface area contributed by atoms with Gasteiger partial charge in [0, 0.05) is 18.0 Å². The Kier molecular flexibility index (Phi) is 3.97. The fourth-order valence-corrected chi connectivity index (χ4v) is 4.03. The number of aromatic nitrogens is 2. The van der Waals surface area contributed by atoms with Crippen LogP contribution < -0.4 is 16.4 Å². The minimum absolute atomic E-state index is 0.0489. The van der Waals surface area contributed by atoms with E-state index >= 15 is 0 Å². The first-order chi connectivity index (χ1) is 10.9. The molecule has 2 amide bonds. The van der Waals surface area contributed by atoms with Crippen molar-refractivity contribution in [2.24, 2.45) is 23.5 Å². The van der Waals surface area contributed by atoms with Crippen LogP contribution in [-0.4, -0.2) is 39.2 Å². The zero-order valence-corrected chi connectivity index (χ0v) is 12.6. The summed E-state index contributed by atoms with van der Waals surface area (Å²) in [6.07, 6.45) is 0.969. The van der Waals surface area contributed by atoms with E-state index in [9.17, 15) is 14.0 Å². The number of primary amides is 1. The number of carbonyl (C=O) groups excluding carboxylic acids is 1. The van der Waals surface area contributed by atoms with Gasteiger partial charge in [-0.2, -0.15) is 4.98 Å². The summed E-state index contributed by atoms with van der Waals surface area (Å²) in [5.41, 5.74) is 5.47. The predicted octanol–water partition coefficient (Wildman–Crippen LogP) is 0.827. The van der Waals surface area contributed by atoms with Crippen molar-refractivity contribution in [3.8, 4) is 0 Å². The molecule has 124 valence electrons. The summed E-state index contributed by atoms with van der Waals surface area (Å²) < 4.78 is 13.8. The second kappa shape index (κ2) is 5.80. The number of hydrogen-bond donors (Lipinski definition) is 4. The van der Waals surface area contributed by atoms with E-state index in [4.69, 9.17) is 22.4 Å². The molecule has 2 bridgehead atoms. The van der Waals surface area contributed by atoms with E-state index in [1.165, 1.54) is 0 Å². The van der Waals surface area contributed by atoms with Gasteiger partial charge in [-0.3, -0.25) is 4.79 Å². The second-order valence-electron chi connectivity index (χ2n) is 5.89. The molecule has 0 radical (unpaired) electrons. The molecule has 5 atom stereocenters. The first kappa shape index (κ1) is 15.7. The molecule has 23 heavy (non-hydrogen) atoms. The van der Waals surface area contributed by atoms with E-state index in [0.717, 1.165) is 6.20 Å². The first-order valence-electron chi connectivity index (χ1n) is 7.10. The van der Waals surface area contributed by atoms with Crippen molar-refractivity contribution in [1.82, 2.24) is 15.3 Å². The highest BCUT2D eigenvalue weighted by Crippen LogP contribution is 2.49. The number of carbonyl (C=O) groups is 2. The van der Waals surface area contributed by atoms with Crippen LogP contribution in [0.15, 0.2) is 6.20 Å². The first-order valence-corrected chi connectivity index (χ1v) is 7.48. The van der Waals surface area contributed by atoms with Crippen LogP contribution in [0.2, 0.25) is 5.28 Å². The molecule has 5 N–H and O–H groups in total. The lowest BCUT2D eigenvalue weighted by molar-refractivity contribution is -0.123. The molecule has 0 spiro atoms. The van der Waals surface area contributed by atoms with Crippen molar-refractivity contribution in [3.63, 3.8) is 0 Å². The third kappa shape index (κ3) is 2.88. The van der Waals surface area contributed by atoms with Gasteiger partial charge in [0.2, 0.25) is 11.2 Å². The fraction of sp³-hybridized carbons (Fsp3) is 0.538. The van der Waals surface area contributed by atoms with E-state index in [1.807, 2.05) is 0 Å². The van der Waals surface area contributed by atoms with E-state index < -0.39 is 29.8 Å². The standard InChI is InChI=1S/C13H15ClFN5O3/c14-12-17-3-6(15)11(20-12)19-9-5-1-4(8(9)10(16)21)2-7(5)18-13(22)23/h3-5,7-9,18H,1-2H2,(H2,16,21)(H,22,23)(H,17,19,20)/t4-,5+,7+,8-,9+/m0/s1. The number of amides is 2. The van der Waals surface area contributed by atoms with Gasteiger partial charge in [-0.25, -0.2) is 14.2 Å². The minimum Gasteiger partial charge on any atom is -0.465 e. The molecule has 8 nitrogen and oxygen atoms in total. The van der Waals surface area contributed by atoms with Gasteiger partial charge in [-0.05, 0) is 30.4 Å². The van der Waals surface area contributed by atoms with Crippen molar-refractivity contribution in [2.45, 2.75) is 24.9 Å². The van der Waals surface area contributed by atoms with Crippen molar-refractivity contribution in [3.05, 3.63) is 17.3 Å². The van der Waals surface area contributed by atoms with Gasteiger partial charge in [0.05, 0.1) is 12.1 Å². The number of nitrogens with zero attached hydrogens (tertiary/aromatic N) is 2. The van der Waals surface area contributed by atoms with E-state index in [-0.39, 0.29) is 29.0 Å². The number of hydrogen-bond acceptors (Lipinski definition) is 5. The Hall–Kier alpha value is -2.16. The van der Waals surface area contributed by atoms with Crippen molar-refractivity contribution < 1.29 is 19.1 Å². The van der Waals surface area contributed by atoms with Gasteiger partial charge in [-0.1, -0.05) is 0 Å². The maximum atomic E-state index is 13.8. The molecule has 0 aliphatic heterocycles. The Morgan fingerprint density at radius 3 is 2.83 bits per heavy atom. The Morgan fingerprint density at radius 1 is 1.43 bits per heavy atom. The summed E-state index contributed by atoms with van der Waals surface area (Å²) in [7, 11) is 0. The topological polar surface area (TPSA) is 130 Å². The van der Waals surface area contributed by atoms with Gasteiger partial charge < -0.3 is 21.5 Å². The van der Waals surface area contributed by atoms with Gasteiger partial charge in [0.25, 0.3) is 0 Å². The average Bonchev–Trinajstić information content (AvgIpc) is 2.99. The highest BCUT2D eigenvalue weighted by Gasteiger charge is 2.55. The van der Waals surface area contributed by atoms with Crippen LogP contribution in [0, 0.1) is 23.6 Å². The lowest BCUT2D eigenvalue weighted by Crippen LogP contribution is -2.51. The Labute approximate surface area is 135 Å². The van der Waals surface area contributed by atoms with Crippen LogP contribution in [0.5, 0.6) is 0 Å². The van der Waals surface area contributed by atoms with Crippen LogP contribution in [0.4, 0.5) is 15.0 Å². The summed E-state index contributed by atoms with van der Waals surface area (Å²) in [6.45, 7) is 0. The van der Waals surface area contributed by atoms with Crippen LogP contribution in [0.3, 0.4) is 0 Å². The molecule has 3 rings (SSSR count). The third-order valence-electron chi connectivity index (χ3n) is 4.66. The van der Waals surface area contributed by atoms with Gasteiger partial charge in [-0.15, -0.1) is 0 Å². The number of rotatable bonds is 4. The molecule has 2 saturated carbocycles. The highest BCUT2D eigenvalue weighted by atomic mass is 35.5. The number of anilines is 1. The number of carboxylic acid groups (broad SMARTS) is 1. The quantitative estimate of drug-likeness (QED) is 0.599. The molecule has 0 aromatic carbocycles. The molecule has 1 aromatic rings. The molecule has 0 unspecified atom stereocenters. The van der Waals surface area contributed by atoms with Crippen molar-refractivity contribution >= 4 is 29.4 Å². The van der Waals surface area contributed by atoms with Crippen LogP contribution in [-0.2, 0) is 4.79 Å². The molecule has 2 aliphatic carbocycles. The molecule has 10 heteroatoms. The van der Waals surface area contributed by atoms with Crippen LogP contribution in [0.25, 0.3) is 0 Å². The SMILES string of the molecule is NC(=O)[C@H]1[C@H]2C[C@@H]([C@H]1Nc1nc(Cl)ncc1F)[C@H](NC(=O)O)C2. The molecule has 1 heterocycles. The van der Waals surface area contributed by atoms with E-state index in [2.05, 4.69) is 20.6 Å². The lowest BCUT2D eigenvalue weighted by atomic mass is 9.81. The van der Waals surface area contributed by atoms with Crippen LogP contribution in [0.1, 0.15) is 12.8 Å². The Morgan fingerprint density at radius 2 is 2.17 bits per heavy atom. The maximum Gasteiger partial charge on any atom is 0.404 e. The summed E-state index contributed by atoms with van der Waals surface area (Å²) in [5.74, 6) is -2.07. The zero-order chi connectivity index (χ0) is 16.7. The predicted molar refractivity (Wildman–Crippen MR) is 78.3 cm³/mol. The molecule has 2 aliphatic rings. The second-order valence-corrected chi connectivity index (χ2v) is 6.22. The maximum absolute atomic E-state index is 13.8. The molecule has 2 fully saturated rings. The summed E-state index contributed by atoms with van der Waals surface area (Å²) >= 11 is 5.67. The summed E-state index contributed by atoms with van der Waals surface area (Å²) in [6, 6.07) is -0.825. The normalized spacial score (nSPS) is 31.8. The summed E-state index contributed by atoms with van der Waals surface area (Å²) in [5, 5.41) is 14.1. The third-order valence-corrected chi connectivity index (χ3v) is 4.84. The smallest absolute Gasteiger partial charge is 0.404 e.